The summed E-state index contributed by atoms with van der Waals surface area (Å²) in [6, 6.07) is 7.96. The van der Waals surface area contributed by atoms with Crippen LogP contribution in [0.2, 0.25) is 0 Å². The first-order valence-corrected chi connectivity index (χ1v) is 5.04. The zero-order valence-corrected chi connectivity index (χ0v) is 9.92. The molecule has 0 aliphatic heterocycles. The summed E-state index contributed by atoms with van der Waals surface area (Å²) in [6.45, 7) is 10.4. The molecule has 15 heavy (non-hydrogen) atoms. The predicted octanol–water partition coefficient (Wildman–Crippen LogP) is 4.06. The highest BCUT2D eigenvalue weighted by molar-refractivity contribution is 5.80. The topological polar surface area (TPSA) is 9.23 Å². The largest absolute Gasteiger partial charge is 0.496 e. The van der Waals surface area contributed by atoms with Gasteiger partial charge in [0.1, 0.15) is 5.75 Å². The van der Waals surface area contributed by atoms with Crippen LogP contribution in [-0.4, -0.2) is 7.11 Å². The van der Waals surface area contributed by atoms with Gasteiger partial charge in [0.05, 0.1) is 7.11 Å². The quantitative estimate of drug-likeness (QED) is 0.671. The summed E-state index contributed by atoms with van der Waals surface area (Å²) in [7, 11) is 1.68. The van der Waals surface area contributed by atoms with E-state index in [0.29, 0.717) is 0 Å². The first-order chi connectivity index (χ1) is 7.07. The highest BCUT2D eigenvalue weighted by Gasteiger charge is 2.07. The molecule has 0 atom stereocenters. The fourth-order valence-electron chi connectivity index (χ4n) is 1.40. The van der Waals surface area contributed by atoms with E-state index in [1.165, 1.54) is 11.1 Å². The standard InChI is InChI=1S/C14H18O/c1-10(2)11(3)12(4)13-8-6-7-9-14(13)15-5/h6-9H,4H2,1-3,5H3. The average Bonchev–Trinajstić information content (AvgIpc) is 2.26. The maximum absolute atomic E-state index is 5.31. The van der Waals surface area contributed by atoms with Crippen molar-refractivity contribution >= 4 is 5.57 Å². The van der Waals surface area contributed by atoms with Crippen molar-refractivity contribution in [1.82, 2.24) is 0 Å². The van der Waals surface area contributed by atoms with E-state index in [2.05, 4.69) is 27.4 Å². The van der Waals surface area contributed by atoms with Crippen LogP contribution in [0.15, 0.2) is 42.0 Å². The second-order valence-electron chi connectivity index (χ2n) is 3.80. The fourth-order valence-corrected chi connectivity index (χ4v) is 1.40. The molecule has 80 valence electrons. The van der Waals surface area contributed by atoms with Gasteiger partial charge in [-0.3, -0.25) is 0 Å². The Balaban J connectivity index is 3.17. The van der Waals surface area contributed by atoms with Crippen molar-refractivity contribution < 1.29 is 4.74 Å². The van der Waals surface area contributed by atoms with Gasteiger partial charge in [-0.15, -0.1) is 0 Å². The third kappa shape index (κ3) is 2.50. The number of hydrogen-bond donors (Lipinski definition) is 0. The molecule has 1 aromatic rings. The fraction of sp³-hybridized carbons (Fsp3) is 0.286. The SMILES string of the molecule is C=C(C(C)=C(C)C)c1ccccc1OC. The molecule has 0 unspecified atom stereocenters. The number of rotatable bonds is 3. The van der Waals surface area contributed by atoms with Crippen molar-refractivity contribution in [2.24, 2.45) is 0 Å². The molecule has 0 bridgehead atoms. The number of ether oxygens (including phenoxy) is 1. The van der Waals surface area contributed by atoms with Crippen molar-refractivity contribution in [3.8, 4) is 5.75 Å². The normalized spacial score (nSPS) is 9.60. The van der Waals surface area contributed by atoms with Crippen LogP contribution in [0.1, 0.15) is 26.3 Å². The summed E-state index contributed by atoms with van der Waals surface area (Å²) in [4.78, 5) is 0. The summed E-state index contributed by atoms with van der Waals surface area (Å²) >= 11 is 0. The van der Waals surface area contributed by atoms with Crippen LogP contribution in [0.4, 0.5) is 0 Å². The lowest BCUT2D eigenvalue weighted by molar-refractivity contribution is 0.413. The van der Waals surface area contributed by atoms with Gasteiger partial charge in [-0.2, -0.15) is 0 Å². The predicted molar refractivity (Wildman–Crippen MR) is 66.1 cm³/mol. The Morgan fingerprint density at radius 2 is 1.73 bits per heavy atom. The van der Waals surface area contributed by atoms with E-state index in [0.717, 1.165) is 16.9 Å². The van der Waals surface area contributed by atoms with Gasteiger partial charge in [-0.1, -0.05) is 30.4 Å². The van der Waals surface area contributed by atoms with Crippen molar-refractivity contribution in [3.05, 3.63) is 47.6 Å². The van der Waals surface area contributed by atoms with E-state index < -0.39 is 0 Å². The zero-order chi connectivity index (χ0) is 11.4. The third-order valence-electron chi connectivity index (χ3n) is 2.63. The van der Waals surface area contributed by atoms with Gasteiger partial charge in [-0.05, 0) is 38.0 Å². The van der Waals surface area contributed by atoms with Crippen molar-refractivity contribution in [1.29, 1.82) is 0 Å². The molecule has 0 heterocycles. The second-order valence-corrected chi connectivity index (χ2v) is 3.80. The molecular formula is C14H18O. The molecule has 0 saturated heterocycles. The Bertz CT molecular complexity index is 396. The zero-order valence-electron chi connectivity index (χ0n) is 9.92. The monoisotopic (exact) mass is 202 g/mol. The Morgan fingerprint density at radius 3 is 2.27 bits per heavy atom. The highest BCUT2D eigenvalue weighted by atomic mass is 16.5. The maximum Gasteiger partial charge on any atom is 0.126 e. The number of allylic oxidation sites excluding steroid dienone is 3. The Kier molecular flexibility index (Phi) is 3.73. The lowest BCUT2D eigenvalue weighted by Crippen LogP contribution is -1.92. The molecule has 0 aliphatic rings. The Morgan fingerprint density at radius 1 is 1.13 bits per heavy atom. The summed E-state index contributed by atoms with van der Waals surface area (Å²) < 4.78 is 5.31. The first kappa shape index (κ1) is 11.6. The molecule has 1 nitrogen and oxygen atoms in total. The summed E-state index contributed by atoms with van der Waals surface area (Å²) in [5.41, 5.74) is 4.61. The minimum atomic E-state index is 0.878. The van der Waals surface area contributed by atoms with Gasteiger partial charge >= 0.3 is 0 Å². The first-order valence-electron chi connectivity index (χ1n) is 5.04. The number of methoxy groups -OCH3 is 1. The number of para-hydroxylation sites is 1. The molecule has 1 rings (SSSR count). The molecule has 0 amide bonds. The molecule has 0 saturated carbocycles. The van der Waals surface area contributed by atoms with Crippen LogP contribution >= 0.6 is 0 Å². The van der Waals surface area contributed by atoms with E-state index >= 15 is 0 Å². The average molecular weight is 202 g/mol. The Labute approximate surface area is 92.1 Å². The minimum Gasteiger partial charge on any atom is -0.496 e. The highest BCUT2D eigenvalue weighted by Crippen LogP contribution is 2.30. The second kappa shape index (κ2) is 4.83. The molecule has 0 aromatic heterocycles. The third-order valence-corrected chi connectivity index (χ3v) is 2.63. The summed E-state index contributed by atoms with van der Waals surface area (Å²) in [6.07, 6.45) is 0. The van der Waals surface area contributed by atoms with Crippen molar-refractivity contribution in [2.75, 3.05) is 7.11 Å². The van der Waals surface area contributed by atoms with Crippen LogP contribution in [0.25, 0.3) is 5.57 Å². The van der Waals surface area contributed by atoms with Gasteiger partial charge in [-0.25, -0.2) is 0 Å². The summed E-state index contributed by atoms with van der Waals surface area (Å²) in [5.74, 6) is 0.878. The molecule has 0 fully saturated rings. The lowest BCUT2D eigenvalue weighted by atomic mass is 9.97. The van der Waals surface area contributed by atoms with E-state index in [9.17, 15) is 0 Å². The summed E-state index contributed by atoms with van der Waals surface area (Å²) in [5, 5.41) is 0. The van der Waals surface area contributed by atoms with Crippen LogP contribution in [0, 0.1) is 0 Å². The van der Waals surface area contributed by atoms with Gasteiger partial charge in [0.25, 0.3) is 0 Å². The van der Waals surface area contributed by atoms with Crippen LogP contribution in [-0.2, 0) is 0 Å². The van der Waals surface area contributed by atoms with Gasteiger partial charge < -0.3 is 4.74 Å². The van der Waals surface area contributed by atoms with Crippen molar-refractivity contribution in [3.63, 3.8) is 0 Å². The number of hydrogen-bond acceptors (Lipinski definition) is 1. The van der Waals surface area contributed by atoms with E-state index in [1.807, 2.05) is 24.3 Å². The Hall–Kier alpha value is -1.50. The van der Waals surface area contributed by atoms with Gasteiger partial charge in [0.2, 0.25) is 0 Å². The van der Waals surface area contributed by atoms with Crippen LogP contribution in [0.5, 0.6) is 5.75 Å². The van der Waals surface area contributed by atoms with Crippen LogP contribution in [0.3, 0.4) is 0 Å². The molecule has 1 heteroatoms. The van der Waals surface area contributed by atoms with E-state index in [4.69, 9.17) is 4.74 Å². The van der Waals surface area contributed by atoms with Crippen LogP contribution < -0.4 is 4.74 Å². The maximum atomic E-state index is 5.31. The van der Waals surface area contributed by atoms with E-state index in [1.54, 1.807) is 7.11 Å². The molecule has 0 aliphatic carbocycles. The van der Waals surface area contributed by atoms with E-state index in [-0.39, 0.29) is 0 Å². The van der Waals surface area contributed by atoms with Gasteiger partial charge in [0.15, 0.2) is 0 Å². The molecular weight excluding hydrogens is 184 g/mol. The van der Waals surface area contributed by atoms with Crippen molar-refractivity contribution in [2.45, 2.75) is 20.8 Å². The number of benzene rings is 1. The molecule has 1 aromatic carbocycles. The lowest BCUT2D eigenvalue weighted by Gasteiger charge is -2.12. The smallest absolute Gasteiger partial charge is 0.126 e. The van der Waals surface area contributed by atoms with Gasteiger partial charge in [0, 0.05) is 5.56 Å². The molecule has 0 spiro atoms. The molecule has 0 radical (unpaired) electrons. The molecule has 0 N–H and O–H groups in total. The minimum absolute atomic E-state index is 0.878.